The fourth-order valence-corrected chi connectivity index (χ4v) is 3.87. The van der Waals surface area contributed by atoms with Gasteiger partial charge in [0.1, 0.15) is 35.0 Å². The maximum atomic E-state index is 9.36. The van der Waals surface area contributed by atoms with Crippen molar-refractivity contribution in [1.29, 1.82) is 0 Å². The van der Waals surface area contributed by atoms with Crippen molar-refractivity contribution in [3.8, 4) is 0 Å². The monoisotopic (exact) mass is 636 g/mol. The second-order valence-electron chi connectivity index (χ2n) is 9.43. The fourth-order valence-electron chi connectivity index (χ4n) is 3.87. The van der Waals surface area contributed by atoms with Crippen molar-refractivity contribution < 1.29 is 40.7 Å². The summed E-state index contributed by atoms with van der Waals surface area (Å²) in [5, 5.41) is 72.4. The van der Waals surface area contributed by atoms with E-state index in [2.05, 4.69) is 30.9 Å². The first-order chi connectivity index (χ1) is 21.0. The lowest BCUT2D eigenvalue weighted by Crippen LogP contribution is -2.54. The summed E-state index contributed by atoms with van der Waals surface area (Å²) >= 11 is 0. The van der Waals surface area contributed by atoms with Crippen molar-refractivity contribution in [3.63, 3.8) is 0 Å². The average Bonchev–Trinajstić information content (AvgIpc) is 3.04. The van der Waals surface area contributed by atoms with Crippen molar-refractivity contribution >= 4 is 35.0 Å². The summed E-state index contributed by atoms with van der Waals surface area (Å²) in [4.78, 5) is 3.77. The van der Waals surface area contributed by atoms with E-state index in [1.807, 2.05) is 9.80 Å². The first-order valence-corrected chi connectivity index (χ1v) is 13.5. The van der Waals surface area contributed by atoms with Crippen LogP contribution in [0.3, 0.4) is 0 Å². The fraction of sp³-hybridized carbons (Fsp3) is 0.727. The van der Waals surface area contributed by atoms with Crippen LogP contribution in [0.15, 0.2) is 30.9 Å². The molecule has 0 spiro atoms. The zero-order valence-corrected chi connectivity index (χ0v) is 24.6. The topological polar surface area (TPSA) is 377 Å². The Kier molecular flexibility index (Phi) is 21.5. The Morgan fingerprint density at radius 3 is 1.36 bits per heavy atom. The first-order valence-electron chi connectivity index (χ1n) is 13.5. The molecule has 0 aliphatic heterocycles. The van der Waals surface area contributed by atoms with Crippen LogP contribution in [0.2, 0.25) is 0 Å². The molecule has 18 N–H and O–H groups in total. The third-order valence-corrected chi connectivity index (χ3v) is 6.27. The van der Waals surface area contributed by atoms with Crippen molar-refractivity contribution in [2.24, 2.45) is 65.3 Å². The lowest BCUT2D eigenvalue weighted by Gasteiger charge is -2.40. The Morgan fingerprint density at radius 2 is 0.932 bits per heavy atom. The minimum Gasteiger partial charge on any atom is -0.409 e. The van der Waals surface area contributed by atoms with Gasteiger partial charge in [-0.2, -0.15) is 0 Å². The number of hydrogen-bond acceptors (Lipinski definition) is 16. The smallest absolute Gasteiger partial charge is 0.141 e. The zero-order chi connectivity index (χ0) is 33.3. The third-order valence-electron chi connectivity index (χ3n) is 6.27. The second kappa shape index (κ2) is 24.0. The van der Waals surface area contributed by atoms with Gasteiger partial charge in [-0.3, -0.25) is 4.90 Å². The standard InChI is InChI=1S/C22H48N14O8/c23-17(29-37)1-6-35(7-2-18(24)30-38)14-15(36(8-3-19(25)31-39)9-4-20(26)32-40)16(13-22(28)34-42)44-12-11-43-10-5-21(27)33-41/h15-16,37-42H,1-14H2,(H2,23,29)(H2,24,30)(H2,25,31)(H2,26,32)(H2,27,33)(H2,28,34). The average molecular weight is 637 g/mol. The molecule has 22 heteroatoms. The molecular weight excluding hydrogens is 588 g/mol. The van der Waals surface area contributed by atoms with Crippen LogP contribution in [0.25, 0.3) is 0 Å². The lowest BCUT2D eigenvalue weighted by molar-refractivity contribution is -0.0423. The molecule has 22 nitrogen and oxygen atoms in total. The van der Waals surface area contributed by atoms with Crippen LogP contribution in [0, 0.1) is 0 Å². The van der Waals surface area contributed by atoms with Gasteiger partial charge in [0.25, 0.3) is 0 Å². The number of oxime groups is 6. The van der Waals surface area contributed by atoms with Gasteiger partial charge in [0, 0.05) is 77.3 Å². The van der Waals surface area contributed by atoms with Crippen LogP contribution >= 0.6 is 0 Å². The molecule has 2 atom stereocenters. The van der Waals surface area contributed by atoms with Gasteiger partial charge in [-0.15, -0.1) is 0 Å². The molecule has 0 aromatic heterocycles. The van der Waals surface area contributed by atoms with Gasteiger partial charge in [0.2, 0.25) is 0 Å². The minimum absolute atomic E-state index is 0.00154. The van der Waals surface area contributed by atoms with E-state index < -0.39 is 12.1 Å². The molecular formula is C22H48N14O8. The molecule has 0 rings (SSSR count). The summed E-state index contributed by atoms with van der Waals surface area (Å²) < 4.78 is 11.7. The summed E-state index contributed by atoms with van der Waals surface area (Å²) in [6.45, 7) is 1.49. The van der Waals surface area contributed by atoms with E-state index in [1.165, 1.54) is 0 Å². The predicted molar refractivity (Wildman–Crippen MR) is 161 cm³/mol. The van der Waals surface area contributed by atoms with Crippen LogP contribution < -0.4 is 34.4 Å². The van der Waals surface area contributed by atoms with Crippen LogP contribution in [0.1, 0.15) is 38.5 Å². The highest BCUT2D eigenvalue weighted by molar-refractivity contribution is 5.81. The van der Waals surface area contributed by atoms with Gasteiger partial charge in [-0.05, 0) is 0 Å². The van der Waals surface area contributed by atoms with E-state index in [1.54, 1.807) is 0 Å². The van der Waals surface area contributed by atoms with Gasteiger partial charge >= 0.3 is 0 Å². The highest BCUT2D eigenvalue weighted by Gasteiger charge is 2.31. The van der Waals surface area contributed by atoms with E-state index in [0.29, 0.717) is 0 Å². The molecule has 0 fully saturated rings. The van der Waals surface area contributed by atoms with E-state index in [-0.39, 0.29) is 126 Å². The number of nitrogens with zero attached hydrogens (tertiary/aromatic N) is 8. The van der Waals surface area contributed by atoms with E-state index >= 15 is 0 Å². The summed E-state index contributed by atoms with van der Waals surface area (Å²) in [6.07, 6.45) is -0.0784. The summed E-state index contributed by atoms with van der Waals surface area (Å²) in [5.74, 6) is -0.302. The maximum absolute atomic E-state index is 9.36. The summed E-state index contributed by atoms with van der Waals surface area (Å²) in [6, 6.07) is -0.593. The molecule has 0 bridgehead atoms. The predicted octanol–water partition coefficient (Wildman–Crippen LogP) is -2.82. The minimum atomic E-state index is -0.770. The maximum Gasteiger partial charge on any atom is 0.141 e. The number of ether oxygens (including phenoxy) is 2. The van der Waals surface area contributed by atoms with Gasteiger partial charge in [-0.1, -0.05) is 30.9 Å². The Hall–Kier alpha value is -4.54. The molecule has 0 saturated heterocycles. The molecule has 0 aromatic rings. The van der Waals surface area contributed by atoms with Crippen molar-refractivity contribution in [2.45, 2.75) is 50.7 Å². The number of hydrogen-bond donors (Lipinski definition) is 12. The quantitative estimate of drug-likeness (QED) is 0.0158. The Morgan fingerprint density at radius 1 is 0.523 bits per heavy atom. The Labute approximate surface area is 254 Å². The number of nitrogens with two attached hydrogens (primary N) is 6. The van der Waals surface area contributed by atoms with Gasteiger partial charge in [-0.25, -0.2) is 0 Å². The highest BCUT2D eigenvalue weighted by Crippen LogP contribution is 2.17. The Balaban J connectivity index is 6.44. The highest BCUT2D eigenvalue weighted by atomic mass is 16.5. The zero-order valence-electron chi connectivity index (χ0n) is 24.6. The van der Waals surface area contributed by atoms with Gasteiger partial charge < -0.3 is 80.0 Å². The molecule has 2 unspecified atom stereocenters. The Bertz CT molecular complexity index is 934. The first kappa shape index (κ1) is 39.5. The van der Waals surface area contributed by atoms with E-state index in [0.717, 1.165) is 0 Å². The molecule has 0 amide bonds. The number of rotatable bonds is 25. The summed E-state index contributed by atoms with van der Waals surface area (Å²) in [5.41, 5.74) is 34.3. The summed E-state index contributed by atoms with van der Waals surface area (Å²) in [7, 11) is 0. The molecule has 254 valence electrons. The van der Waals surface area contributed by atoms with Crippen molar-refractivity contribution in [3.05, 3.63) is 0 Å². The van der Waals surface area contributed by atoms with E-state index in [4.69, 9.17) is 69.9 Å². The largest absolute Gasteiger partial charge is 0.409 e. The van der Waals surface area contributed by atoms with Gasteiger partial charge in [0.15, 0.2) is 0 Å². The molecule has 0 heterocycles. The third kappa shape index (κ3) is 18.1. The van der Waals surface area contributed by atoms with Gasteiger partial charge in [0.05, 0.1) is 25.9 Å². The van der Waals surface area contributed by atoms with Crippen LogP contribution in [-0.4, -0.2) is 141 Å². The van der Waals surface area contributed by atoms with E-state index in [9.17, 15) is 5.21 Å². The molecule has 0 saturated carbocycles. The van der Waals surface area contributed by atoms with Crippen LogP contribution in [0.4, 0.5) is 0 Å². The molecule has 0 aromatic carbocycles. The second-order valence-corrected chi connectivity index (χ2v) is 9.43. The normalized spacial score (nSPS) is 15.7. The number of amidine groups is 6. The van der Waals surface area contributed by atoms with Crippen molar-refractivity contribution in [2.75, 3.05) is 52.5 Å². The SMILES string of the molecule is NC(CCOCCOC(CC(N)=NO)C(CN(CCC(N)=NO)CCC(N)=NO)N(CCC(N)=NO)CCC(N)=NO)=NO. The van der Waals surface area contributed by atoms with Crippen LogP contribution in [-0.2, 0) is 9.47 Å². The molecule has 0 aliphatic carbocycles. The van der Waals surface area contributed by atoms with Crippen LogP contribution in [0.5, 0.6) is 0 Å². The van der Waals surface area contributed by atoms with Crippen molar-refractivity contribution in [1.82, 2.24) is 9.80 Å². The molecule has 0 aliphatic rings. The molecule has 0 radical (unpaired) electrons. The molecule has 44 heavy (non-hydrogen) atoms. The lowest BCUT2D eigenvalue weighted by atomic mass is 10.0.